The lowest BCUT2D eigenvalue weighted by Gasteiger charge is -2.20. The van der Waals surface area contributed by atoms with Gasteiger partial charge in [-0.25, -0.2) is 4.79 Å². The molecule has 0 aliphatic rings. The molecule has 1 rings (SSSR count). The average Bonchev–Trinajstić information content (AvgIpc) is 2.25. The van der Waals surface area contributed by atoms with E-state index in [9.17, 15) is 4.79 Å². The highest BCUT2D eigenvalue weighted by atomic mass is 35.5. The van der Waals surface area contributed by atoms with Crippen LogP contribution < -0.4 is 11.1 Å². The van der Waals surface area contributed by atoms with Gasteiger partial charge in [0.2, 0.25) is 0 Å². The standard InChI is InChI=1S/C14H19ClN2O2/c1-14(2,3)19-13(18)17-12-9-11(15)7-6-10(12)5-4-8-16/h4-7,9H,8,16H2,1-3H3,(H,17,18)/b5-4+. The SMILES string of the molecule is CC(C)(C)OC(=O)Nc1cc(Cl)ccc1/C=C/CN. The van der Waals surface area contributed by atoms with Gasteiger partial charge in [0, 0.05) is 11.6 Å². The van der Waals surface area contributed by atoms with Gasteiger partial charge in [0.05, 0.1) is 5.69 Å². The van der Waals surface area contributed by atoms with Gasteiger partial charge in [-0.2, -0.15) is 0 Å². The molecule has 0 unspecified atom stereocenters. The number of carbonyl (C=O) groups excluding carboxylic acids is 1. The lowest BCUT2D eigenvalue weighted by molar-refractivity contribution is 0.0636. The first kappa shape index (κ1) is 15.5. The molecular weight excluding hydrogens is 264 g/mol. The maximum atomic E-state index is 11.7. The number of carbonyl (C=O) groups is 1. The van der Waals surface area contributed by atoms with Gasteiger partial charge in [0.25, 0.3) is 0 Å². The van der Waals surface area contributed by atoms with Gasteiger partial charge in [0.15, 0.2) is 0 Å². The number of hydrogen-bond acceptors (Lipinski definition) is 3. The third-order valence-electron chi connectivity index (χ3n) is 2.08. The van der Waals surface area contributed by atoms with Gasteiger partial charge in [0.1, 0.15) is 5.60 Å². The Morgan fingerprint density at radius 3 is 2.74 bits per heavy atom. The number of ether oxygens (including phenoxy) is 1. The fourth-order valence-electron chi connectivity index (χ4n) is 1.39. The minimum Gasteiger partial charge on any atom is -0.444 e. The second-order valence-corrected chi connectivity index (χ2v) is 5.43. The predicted molar refractivity (Wildman–Crippen MR) is 79.4 cm³/mol. The summed E-state index contributed by atoms with van der Waals surface area (Å²) in [4.78, 5) is 11.7. The Balaban J connectivity index is 2.89. The monoisotopic (exact) mass is 282 g/mol. The fourth-order valence-corrected chi connectivity index (χ4v) is 1.56. The van der Waals surface area contributed by atoms with Crippen LogP contribution in [0, 0.1) is 0 Å². The summed E-state index contributed by atoms with van der Waals surface area (Å²) in [6, 6.07) is 5.22. The van der Waals surface area contributed by atoms with Crippen LogP contribution in [0.5, 0.6) is 0 Å². The molecule has 0 saturated heterocycles. The highest BCUT2D eigenvalue weighted by molar-refractivity contribution is 6.31. The van der Waals surface area contributed by atoms with Crippen LogP contribution in [-0.2, 0) is 4.74 Å². The van der Waals surface area contributed by atoms with E-state index in [2.05, 4.69) is 5.32 Å². The summed E-state index contributed by atoms with van der Waals surface area (Å²) in [5.74, 6) is 0. The molecule has 19 heavy (non-hydrogen) atoms. The van der Waals surface area contributed by atoms with Gasteiger partial charge >= 0.3 is 6.09 Å². The zero-order valence-corrected chi connectivity index (χ0v) is 12.1. The molecular formula is C14H19ClN2O2. The molecule has 1 aromatic carbocycles. The number of nitrogens with one attached hydrogen (secondary N) is 1. The van der Waals surface area contributed by atoms with Crippen LogP contribution in [0.2, 0.25) is 5.02 Å². The summed E-state index contributed by atoms with van der Waals surface area (Å²) < 4.78 is 5.20. The van der Waals surface area contributed by atoms with Gasteiger partial charge in [-0.05, 0) is 38.5 Å². The Kier molecular flexibility index (Phi) is 5.39. The van der Waals surface area contributed by atoms with E-state index >= 15 is 0 Å². The van der Waals surface area contributed by atoms with Crippen LogP contribution in [0.25, 0.3) is 6.08 Å². The molecule has 0 fully saturated rings. The Morgan fingerprint density at radius 2 is 2.16 bits per heavy atom. The first-order chi connectivity index (χ1) is 8.81. The van der Waals surface area contributed by atoms with Crippen LogP contribution in [-0.4, -0.2) is 18.2 Å². The molecule has 0 aliphatic heterocycles. The van der Waals surface area contributed by atoms with Crippen molar-refractivity contribution in [1.82, 2.24) is 0 Å². The quantitative estimate of drug-likeness (QED) is 0.889. The predicted octanol–water partition coefficient (Wildman–Crippen LogP) is 3.66. The topological polar surface area (TPSA) is 64.3 Å². The molecule has 0 bridgehead atoms. The van der Waals surface area contributed by atoms with Crippen LogP contribution in [0.4, 0.5) is 10.5 Å². The number of anilines is 1. The van der Waals surface area contributed by atoms with Gasteiger partial charge in [-0.3, -0.25) is 5.32 Å². The fraction of sp³-hybridized carbons (Fsp3) is 0.357. The van der Waals surface area contributed by atoms with E-state index in [4.69, 9.17) is 22.1 Å². The smallest absolute Gasteiger partial charge is 0.412 e. The van der Waals surface area contributed by atoms with E-state index in [1.54, 1.807) is 45.0 Å². The molecule has 3 N–H and O–H groups in total. The van der Waals surface area contributed by atoms with Crippen molar-refractivity contribution in [3.63, 3.8) is 0 Å². The van der Waals surface area contributed by atoms with E-state index < -0.39 is 11.7 Å². The maximum Gasteiger partial charge on any atom is 0.412 e. The second-order valence-electron chi connectivity index (χ2n) is 5.00. The summed E-state index contributed by atoms with van der Waals surface area (Å²) in [6.07, 6.45) is 3.10. The van der Waals surface area contributed by atoms with Crippen LogP contribution in [0.3, 0.4) is 0 Å². The third kappa shape index (κ3) is 5.77. The van der Waals surface area contributed by atoms with Crippen molar-refractivity contribution in [3.8, 4) is 0 Å². The minimum atomic E-state index is -0.546. The number of hydrogen-bond donors (Lipinski definition) is 2. The van der Waals surface area contributed by atoms with Crippen molar-refractivity contribution < 1.29 is 9.53 Å². The molecule has 1 amide bonds. The first-order valence-electron chi connectivity index (χ1n) is 5.98. The molecule has 4 nitrogen and oxygen atoms in total. The molecule has 0 aromatic heterocycles. The molecule has 5 heteroatoms. The van der Waals surface area contributed by atoms with Gasteiger partial charge < -0.3 is 10.5 Å². The number of rotatable bonds is 3. The van der Waals surface area contributed by atoms with E-state index in [1.807, 2.05) is 6.08 Å². The number of nitrogens with two attached hydrogens (primary N) is 1. The number of benzene rings is 1. The summed E-state index contributed by atoms with van der Waals surface area (Å²) in [7, 11) is 0. The largest absolute Gasteiger partial charge is 0.444 e. The van der Waals surface area contributed by atoms with Crippen LogP contribution >= 0.6 is 11.6 Å². The highest BCUT2D eigenvalue weighted by Gasteiger charge is 2.16. The van der Waals surface area contributed by atoms with E-state index in [1.165, 1.54) is 0 Å². The lowest BCUT2D eigenvalue weighted by atomic mass is 10.1. The molecule has 104 valence electrons. The summed E-state index contributed by atoms with van der Waals surface area (Å²) in [6.45, 7) is 5.84. The second kappa shape index (κ2) is 6.59. The Morgan fingerprint density at radius 1 is 1.47 bits per heavy atom. The van der Waals surface area contributed by atoms with Crippen molar-refractivity contribution in [1.29, 1.82) is 0 Å². The highest BCUT2D eigenvalue weighted by Crippen LogP contribution is 2.23. The summed E-state index contributed by atoms with van der Waals surface area (Å²) in [5.41, 5.74) is 6.28. The summed E-state index contributed by atoms with van der Waals surface area (Å²) in [5, 5.41) is 3.22. The zero-order valence-electron chi connectivity index (χ0n) is 11.4. The maximum absolute atomic E-state index is 11.7. The van der Waals surface area contributed by atoms with Crippen molar-refractivity contribution in [2.45, 2.75) is 26.4 Å². The van der Waals surface area contributed by atoms with Crippen LogP contribution in [0.15, 0.2) is 24.3 Å². The molecule has 0 saturated carbocycles. The van der Waals surface area contributed by atoms with E-state index in [0.29, 0.717) is 17.3 Å². The van der Waals surface area contributed by atoms with E-state index in [0.717, 1.165) is 5.56 Å². The molecule has 0 radical (unpaired) electrons. The van der Waals surface area contributed by atoms with Crippen LogP contribution in [0.1, 0.15) is 26.3 Å². The molecule has 0 atom stereocenters. The Bertz CT molecular complexity index is 479. The van der Waals surface area contributed by atoms with Crippen molar-refractivity contribution in [2.75, 3.05) is 11.9 Å². The Hall–Kier alpha value is -1.52. The van der Waals surface area contributed by atoms with E-state index in [-0.39, 0.29) is 0 Å². The first-order valence-corrected chi connectivity index (χ1v) is 6.36. The van der Waals surface area contributed by atoms with Crippen molar-refractivity contribution in [2.24, 2.45) is 5.73 Å². The van der Waals surface area contributed by atoms with Crippen molar-refractivity contribution in [3.05, 3.63) is 34.9 Å². The minimum absolute atomic E-state index is 0.425. The number of halogens is 1. The molecule has 1 aromatic rings. The lowest BCUT2D eigenvalue weighted by Crippen LogP contribution is -2.27. The van der Waals surface area contributed by atoms with Gasteiger partial charge in [-0.15, -0.1) is 0 Å². The molecule has 0 spiro atoms. The zero-order chi connectivity index (χ0) is 14.5. The molecule has 0 aliphatic carbocycles. The van der Waals surface area contributed by atoms with Crippen molar-refractivity contribution >= 4 is 29.5 Å². The average molecular weight is 283 g/mol. The summed E-state index contributed by atoms with van der Waals surface area (Å²) >= 11 is 5.93. The Labute approximate surface area is 118 Å². The molecule has 0 heterocycles. The number of amides is 1. The normalized spacial score (nSPS) is 11.6. The van der Waals surface area contributed by atoms with Gasteiger partial charge in [-0.1, -0.05) is 29.8 Å². The third-order valence-corrected chi connectivity index (χ3v) is 2.32.